The van der Waals surface area contributed by atoms with Crippen LogP contribution in [0.3, 0.4) is 0 Å². The van der Waals surface area contributed by atoms with Gasteiger partial charge in [0, 0.05) is 19.5 Å². The highest BCUT2D eigenvalue weighted by molar-refractivity contribution is 5.71. The second kappa shape index (κ2) is 3.85. The summed E-state index contributed by atoms with van der Waals surface area (Å²) in [6.45, 7) is 3.91. The first-order valence-corrected chi connectivity index (χ1v) is 3.91. The smallest absolute Gasteiger partial charge is 0.151 e. The quantitative estimate of drug-likeness (QED) is 0.678. The summed E-state index contributed by atoms with van der Waals surface area (Å²) >= 11 is 0. The van der Waals surface area contributed by atoms with E-state index in [1.807, 2.05) is 27.0 Å². The summed E-state index contributed by atoms with van der Waals surface area (Å²) in [5.74, 6) is 0.827. The van der Waals surface area contributed by atoms with Crippen LogP contribution in [0.2, 0.25) is 0 Å². The van der Waals surface area contributed by atoms with Gasteiger partial charge in [0.25, 0.3) is 0 Å². The molecule has 0 amide bonds. The van der Waals surface area contributed by atoms with E-state index in [2.05, 4.69) is 15.3 Å². The number of rotatable bonds is 2. The molecule has 12 heavy (non-hydrogen) atoms. The van der Waals surface area contributed by atoms with E-state index in [0.29, 0.717) is 0 Å². The van der Waals surface area contributed by atoms with Crippen molar-refractivity contribution in [2.75, 3.05) is 12.4 Å². The van der Waals surface area contributed by atoms with Crippen LogP contribution in [0.25, 0.3) is 0 Å². The minimum Gasteiger partial charge on any atom is -0.371 e. The van der Waals surface area contributed by atoms with Crippen LogP contribution in [0.4, 0.5) is 11.5 Å². The normalized spacial score (nSPS) is 10.6. The summed E-state index contributed by atoms with van der Waals surface area (Å²) in [6.07, 6.45) is 3.54. The van der Waals surface area contributed by atoms with Crippen LogP contribution in [-0.4, -0.2) is 18.2 Å². The van der Waals surface area contributed by atoms with Crippen LogP contribution in [0.1, 0.15) is 12.5 Å². The van der Waals surface area contributed by atoms with E-state index in [1.165, 1.54) is 0 Å². The standard InChI is InChI=1S/C9H13N3/c1-4-11-8-7(2)5-6-12-9(8)10-3/h4-6H,1-3H3,(H,10,12). The molecule has 0 spiro atoms. The number of pyridine rings is 1. The Morgan fingerprint density at radius 3 is 2.92 bits per heavy atom. The van der Waals surface area contributed by atoms with Gasteiger partial charge in [-0.3, -0.25) is 4.99 Å². The lowest BCUT2D eigenvalue weighted by molar-refractivity contribution is 1.24. The average Bonchev–Trinajstić information content (AvgIpc) is 2.09. The predicted molar refractivity (Wildman–Crippen MR) is 52.3 cm³/mol. The molecule has 1 rings (SSSR count). The number of anilines is 1. The molecule has 3 heteroatoms. The molecule has 0 aliphatic heterocycles. The Labute approximate surface area is 72.6 Å². The number of aryl methyl sites for hydroxylation is 1. The maximum absolute atomic E-state index is 4.23. The molecule has 0 saturated carbocycles. The number of hydrogen-bond donors (Lipinski definition) is 1. The van der Waals surface area contributed by atoms with Gasteiger partial charge < -0.3 is 5.32 Å². The van der Waals surface area contributed by atoms with E-state index >= 15 is 0 Å². The molecule has 3 nitrogen and oxygen atoms in total. The van der Waals surface area contributed by atoms with Gasteiger partial charge >= 0.3 is 0 Å². The lowest BCUT2D eigenvalue weighted by atomic mass is 10.2. The van der Waals surface area contributed by atoms with Crippen LogP contribution in [0.15, 0.2) is 17.3 Å². The first-order valence-electron chi connectivity index (χ1n) is 3.91. The van der Waals surface area contributed by atoms with Crippen LogP contribution in [-0.2, 0) is 0 Å². The summed E-state index contributed by atoms with van der Waals surface area (Å²) in [4.78, 5) is 8.38. The van der Waals surface area contributed by atoms with Crippen molar-refractivity contribution in [2.45, 2.75) is 13.8 Å². The predicted octanol–water partition coefficient (Wildman–Crippen LogP) is 2.15. The molecule has 0 bridgehead atoms. The Hall–Kier alpha value is -1.38. The van der Waals surface area contributed by atoms with Crippen molar-refractivity contribution in [3.05, 3.63) is 17.8 Å². The lowest BCUT2D eigenvalue weighted by Crippen LogP contribution is -1.93. The maximum Gasteiger partial charge on any atom is 0.151 e. The van der Waals surface area contributed by atoms with Gasteiger partial charge in [-0.05, 0) is 25.5 Å². The average molecular weight is 163 g/mol. The largest absolute Gasteiger partial charge is 0.371 e. The molecule has 0 radical (unpaired) electrons. The molecule has 0 atom stereocenters. The van der Waals surface area contributed by atoms with Gasteiger partial charge in [0.15, 0.2) is 5.82 Å². The van der Waals surface area contributed by atoms with Gasteiger partial charge in [0.1, 0.15) is 5.69 Å². The molecule has 1 aromatic heterocycles. The van der Waals surface area contributed by atoms with Crippen molar-refractivity contribution < 1.29 is 0 Å². The summed E-state index contributed by atoms with van der Waals surface area (Å²) in [7, 11) is 1.84. The van der Waals surface area contributed by atoms with Crippen molar-refractivity contribution in [2.24, 2.45) is 4.99 Å². The Morgan fingerprint density at radius 2 is 2.33 bits per heavy atom. The van der Waals surface area contributed by atoms with E-state index in [-0.39, 0.29) is 0 Å². The van der Waals surface area contributed by atoms with Crippen LogP contribution >= 0.6 is 0 Å². The van der Waals surface area contributed by atoms with Gasteiger partial charge in [-0.25, -0.2) is 4.98 Å². The first kappa shape index (κ1) is 8.71. The Bertz CT molecular complexity index is 292. The molecule has 64 valence electrons. The molecule has 0 aliphatic rings. The SMILES string of the molecule is CC=Nc1c(C)ccnc1NC. The van der Waals surface area contributed by atoms with Gasteiger partial charge in [-0.2, -0.15) is 0 Å². The third-order valence-electron chi connectivity index (χ3n) is 1.62. The fraction of sp³-hybridized carbons (Fsp3) is 0.333. The van der Waals surface area contributed by atoms with Crippen molar-refractivity contribution in [1.82, 2.24) is 4.98 Å². The Kier molecular flexibility index (Phi) is 2.80. The number of aromatic nitrogens is 1. The monoisotopic (exact) mass is 163 g/mol. The third-order valence-corrected chi connectivity index (χ3v) is 1.62. The van der Waals surface area contributed by atoms with Gasteiger partial charge in [0.2, 0.25) is 0 Å². The van der Waals surface area contributed by atoms with E-state index < -0.39 is 0 Å². The van der Waals surface area contributed by atoms with E-state index in [1.54, 1.807) is 12.4 Å². The molecule has 1 heterocycles. The zero-order chi connectivity index (χ0) is 8.97. The van der Waals surface area contributed by atoms with Crippen molar-refractivity contribution in [1.29, 1.82) is 0 Å². The zero-order valence-electron chi connectivity index (χ0n) is 7.63. The Morgan fingerprint density at radius 1 is 1.58 bits per heavy atom. The molecule has 0 aliphatic carbocycles. The summed E-state index contributed by atoms with van der Waals surface area (Å²) in [5, 5.41) is 3.00. The third kappa shape index (κ3) is 1.61. The van der Waals surface area contributed by atoms with Crippen molar-refractivity contribution >= 4 is 17.7 Å². The number of nitrogens with one attached hydrogen (secondary N) is 1. The highest BCUT2D eigenvalue weighted by Crippen LogP contribution is 2.25. The van der Waals surface area contributed by atoms with Gasteiger partial charge in [0.05, 0.1) is 0 Å². The molecule has 1 aromatic rings. The summed E-state index contributed by atoms with van der Waals surface area (Å²) < 4.78 is 0. The molecule has 1 N–H and O–H groups in total. The molecular formula is C9H13N3. The van der Waals surface area contributed by atoms with Crippen molar-refractivity contribution in [3.8, 4) is 0 Å². The molecular weight excluding hydrogens is 150 g/mol. The maximum atomic E-state index is 4.23. The van der Waals surface area contributed by atoms with Crippen LogP contribution < -0.4 is 5.32 Å². The molecule has 0 fully saturated rings. The fourth-order valence-corrected chi connectivity index (χ4v) is 1.03. The summed E-state index contributed by atoms with van der Waals surface area (Å²) in [5.41, 5.74) is 2.05. The summed E-state index contributed by atoms with van der Waals surface area (Å²) in [6, 6.07) is 1.95. The Balaban J connectivity index is 3.19. The second-order valence-corrected chi connectivity index (χ2v) is 2.46. The van der Waals surface area contributed by atoms with E-state index in [9.17, 15) is 0 Å². The number of nitrogens with zero attached hydrogens (tertiary/aromatic N) is 2. The van der Waals surface area contributed by atoms with Crippen molar-refractivity contribution in [3.63, 3.8) is 0 Å². The molecule has 0 saturated heterocycles. The van der Waals surface area contributed by atoms with Gasteiger partial charge in [-0.15, -0.1) is 0 Å². The van der Waals surface area contributed by atoms with Crippen LogP contribution in [0, 0.1) is 6.92 Å². The minimum atomic E-state index is 0.827. The van der Waals surface area contributed by atoms with E-state index in [0.717, 1.165) is 17.1 Å². The fourth-order valence-electron chi connectivity index (χ4n) is 1.03. The topological polar surface area (TPSA) is 37.3 Å². The zero-order valence-corrected chi connectivity index (χ0v) is 7.63. The first-order chi connectivity index (χ1) is 5.79. The van der Waals surface area contributed by atoms with Crippen LogP contribution in [0.5, 0.6) is 0 Å². The highest BCUT2D eigenvalue weighted by atomic mass is 15.0. The highest BCUT2D eigenvalue weighted by Gasteiger charge is 2.01. The molecule has 0 aromatic carbocycles. The minimum absolute atomic E-state index is 0.827. The van der Waals surface area contributed by atoms with E-state index in [4.69, 9.17) is 0 Å². The molecule has 0 unspecified atom stereocenters. The second-order valence-electron chi connectivity index (χ2n) is 2.46. The number of hydrogen-bond acceptors (Lipinski definition) is 3. The number of aliphatic imine (C=N–C) groups is 1. The van der Waals surface area contributed by atoms with Gasteiger partial charge in [-0.1, -0.05) is 0 Å². The lowest BCUT2D eigenvalue weighted by Gasteiger charge is -2.05.